The third kappa shape index (κ3) is 1.20. The number of fused-ring (bicyclic) bond motifs is 3. The fourth-order valence-electron chi connectivity index (χ4n) is 2.42. The number of rotatable bonds is 0. The molecule has 0 unspecified atom stereocenters. The zero-order valence-corrected chi connectivity index (χ0v) is 8.77. The Labute approximate surface area is 93.8 Å². The first-order valence-corrected chi connectivity index (χ1v) is 5.39. The summed E-state index contributed by atoms with van der Waals surface area (Å²) < 4.78 is 0. The van der Waals surface area contributed by atoms with E-state index in [0.29, 0.717) is 0 Å². The highest BCUT2D eigenvalue weighted by atomic mass is 16.3. The normalized spacial score (nSPS) is 13.0. The van der Waals surface area contributed by atoms with Gasteiger partial charge in [-0.05, 0) is 36.1 Å². The number of hydrogen-bond acceptors (Lipinski definition) is 2. The highest BCUT2D eigenvalue weighted by Crippen LogP contribution is 2.42. The molecule has 0 aliphatic heterocycles. The Bertz CT molecular complexity index is 559. The summed E-state index contributed by atoms with van der Waals surface area (Å²) in [4.78, 5) is 0. The minimum Gasteiger partial charge on any atom is -0.508 e. The van der Waals surface area contributed by atoms with E-state index in [1.165, 1.54) is 5.56 Å². The lowest BCUT2D eigenvalue weighted by Gasteiger charge is -2.21. The van der Waals surface area contributed by atoms with Crippen molar-refractivity contribution in [3.8, 4) is 22.6 Å². The highest BCUT2D eigenvalue weighted by molar-refractivity contribution is 5.80. The lowest BCUT2D eigenvalue weighted by Crippen LogP contribution is -2.04. The smallest absolute Gasteiger partial charge is 0.123 e. The molecule has 0 saturated heterocycles. The maximum absolute atomic E-state index is 9.92. The third-order valence-electron chi connectivity index (χ3n) is 3.20. The van der Waals surface area contributed by atoms with Crippen LogP contribution in [-0.2, 0) is 12.8 Å². The summed E-state index contributed by atoms with van der Waals surface area (Å²) in [5.74, 6) is 0.530. The molecule has 2 N–H and O–H groups in total. The molecule has 16 heavy (non-hydrogen) atoms. The predicted molar refractivity (Wildman–Crippen MR) is 62.6 cm³/mol. The molecule has 3 rings (SSSR count). The van der Waals surface area contributed by atoms with Crippen LogP contribution in [0, 0.1) is 0 Å². The van der Waals surface area contributed by atoms with Crippen molar-refractivity contribution in [2.24, 2.45) is 0 Å². The van der Waals surface area contributed by atoms with Crippen molar-refractivity contribution in [3.05, 3.63) is 47.5 Å². The molecule has 0 spiro atoms. The zero-order valence-electron chi connectivity index (χ0n) is 8.77. The van der Waals surface area contributed by atoms with Gasteiger partial charge in [0.15, 0.2) is 0 Å². The molecule has 2 aromatic rings. The van der Waals surface area contributed by atoms with Crippen molar-refractivity contribution in [2.75, 3.05) is 0 Å². The fourth-order valence-corrected chi connectivity index (χ4v) is 2.42. The van der Waals surface area contributed by atoms with Gasteiger partial charge in [0, 0.05) is 11.1 Å². The Morgan fingerprint density at radius 1 is 0.812 bits per heavy atom. The number of hydrogen-bond donors (Lipinski definition) is 2. The largest absolute Gasteiger partial charge is 0.508 e. The van der Waals surface area contributed by atoms with E-state index >= 15 is 0 Å². The van der Waals surface area contributed by atoms with Gasteiger partial charge in [-0.1, -0.05) is 24.3 Å². The topological polar surface area (TPSA) is 40.5 Å². The van der Waals surface area contributed by atoms with Gasteiger partial charge in [-0.15, -0.1) is 0 Å². The van der Waals surface area contributed by atoms with Crippen LogP contribution in [-0.4, -0.2) is 10.2 Å². The van der Waals surface area contributed by atoms with E-state index in [1.807, 2.05) is 18.2 Å². The second-order valence-electron chi connectivity index (χ2n) is 4.11. The van der Waals surface area contributed by atoms with E-state index in [-0.39, 0.29) is 11.5 Å². The molecule has 80 valence electrons. The van der Waals surface area contributed by atoms with E-state index in [9.17, 15) is 10.2 Å². The molecule has 0 aromatic heterocycles. The molecule has 2 nitrogen and oxygen atoms in total. The summed E-state index contributed by atoms with van der Waals surface area (Å²) in [6, 6.07) is 11.1. The molecule has 1 aliphatic rings. The monoisotopic (exact) mass is 212 g/mol. The van der Waals surface area contributed by atoms with E-state index in [2.05, 4.69) is 6.07 Å². The summed E-state index contributed by atoms with van der Waals surface area (Å²) in [5.41, 5.74) is 3.92. The number of aromatic hydroxyl groups is 2. The van der Waals surface area contributed by atoms with Crippen molar-refractivity contribution in [2.45, 2.75) is 12.8 Å². The molecule has 0 atom stereocenters. The molecule has 0 radical (unpaired) electrons. The van der Waals surface area contributed by atoms with E-state index < -0.39 is 0 Å². The predicted octanol–water partition coefficient (Wildman–Crippen LogP) is 2.86. The molecule has 0 heterocycles. The van der Waals surface area contributed by atoms with Gasteiger partial charge in [-0.3, -0.25) is 0 Å². The Morgan fingerprint density at radius 2 is 1.56 bits per heavy atom. The van der Waals surface area contributed by atoms with Crippen molar-refractivity contribution in [3.63, 3.8) is 0 Å². The molecule has 0 saturated carbocycles. The first-order chi connectivity index (χ1) is 7.77. The Hall–Kier alpha value is -1.96. The van der Waals surface area contributed by atoms with Crippen LogP contribution in [0.3, 0.4) is 0 Å². The van der Waals surface area contributed by atoms with Gasteiger partial charge in [0.05, 0.1) is 0 Å². The maximum atomic E-state index is 9.92. The first kappa shape index (κ1) is 9.28. The first-order valence-electron chi connectivity index (χ1n) is 5.39. The average molecular weight is 212 g/mol. The zero-order chi connectivity index (χ0) is 11.1. The van der Waals surface area contributed by atoms with Crippen LogP contribution in [0.5, 0.6) is 11.5 Å². The molecule has 1 aliphatic carbocycles. The molecule has 0 fully saturated rings. The molecule has 0 bridgehead atoms. The van der Waals surface area contributed by atoms with Crippen LogP contribution in [0.25, 0.3) is 11.1 Å². The lowest BCUT2D eigenvalue weighted by atomic mass is 9.84. The minimum atomic E-state index is 0.250. The van der Waals surface area contributed by atoms with Crippen molar-refractivity contribution in [1.29, 1.82) is 0 Å². The SMILES string of the molecule is Oc1ccc(O)c2c1CCc1ccccc1-2. The number of phenols is 2. The van der Waals surface area contributed by atoms with Gasteiger partial charge in [0.25, 0.3) is 0 Å². The quantitative estimate of drug-likeness (QED) is 0.659. The van der Waals surface area contributed by atoms with Gasteiger partial charge in [-0.2, -0.15) is 0 Å². The van der Waals surface area contributed by atoms with Gasteiger partial charge in [-0.25, -0.2) is 0 Å². The molecule has 2 heteroatoms. The average Bonchev–Trinajstić information content (AvgIpc) is 2.33. The fraction of sp³-hybridized carbons (Fsp3) is 0.143. The van der Waals surface area contributed by atoms with Gasteiger partial charge < -0.3 is 10.2 Å². The molecular formula is C14H12O2. The Morgan fingerprint density at radius 3 is 2.44 bits per heavy atom. The summed E-state index contributed by atoms with van der Waals surface area (Å²) in [6.07, 6.45) is 1.70. The number of aryl methyl sites for hydroxylation is 1. The van der Waals surface area contributed by atoms with Crippen LogP contribution in [0.1, 0.15) is 11.1 Å². The highest BCUT2D eigenvalue weighted by Gasteiger charge is 2.21. The van der Waals surface area contributed by atoms with Crippen LogP contribution in [0.2, 0.25) is 0 Å². The Kier molecular flexibility index (Phi) is 1.90. The van der Waals surface area contributed by atoms with Crippen LogP contribution < -0.4 is 0 Å². The van der Waals surface area contributed by atoms with Crippen molar-refractivity contribution in [1.82, 2.24) is 0 Å². The molecular weight excluding hydrogens is 200 g/mol. The summed E-state index contributed by atoms with van der Waals surface area (Å²) in [5, 5.41) is 19.7. The number of phenolic OH excluding ortho intramolecular Hbond substituents is 2. The van der Waals surface area contributed by atoms with Gasteiger partial charge in [0.1, 0.15) is 11.5 Å². The number of benzene rings is 2. The van der Waals surface area contributed by atoms with Gasteiger partial charge in [0.2, 0.25) is 0 Å². The minimum absolute atomic E-state index is 0.250. The third-order valence-corrected chi connectivity index (χ3v) is 3.20. The molecule has 0 amide bonds. The van der Waals surface area contributed by atoms with Gasteiger partial charge >= 0.3 is 0 Å². The van der Waals surface area contributed by atoms with Crippen LogP contribution in [0.15, 0.2) is 36.4 Å². The van der Waals surface area contributed by atoms with Crippen molar-refractivity contribution < 1.29 is 10.2 Å². The standard InChI is InChI=1S/C14H12O2/c15-12-7-8-13(16)14-10-4-2-1-3-9(10)5-6-11(12)14/h1-4,7-8,15-16H,5-6H2. The van der Waals surface area contributed by atoms with Crippen molar-refractivity contribution >= 4 is 0 Å². The summed E-state index contributed by atoms with van der Waals surface area (Å²) in [6.45, 7) is 0. The molecule has 2 aromatic carbocycles. The van der Waals surface area contributed by atoms with Crippen LogP contribution >= 0.6 is 0 Å². The second-order valence-corrected chi connectivity index (χ2v) is 4.11. The Balaban J connectivity index is 2.35. The van der Waals surface area contributed by atoms with E-state index in [4.69, 9.17) is 0 Å². The maximum Gasteiger partial charge on any atom is 0.123 e. The lowest BCUT2D eigenvalue weighted by molar-refractivity contribution is 0.455. The second kappa shape index (κ2) is 3.27. The van der Waals surface area contributed by atoms with Crippen LogP contribution in [0.4, 0.5) is 0 Å². The van der Waals surface area contributed by atoms with E-state index in [0.717, 1.165) is 29.5 Å². The summed E-state index contributed by atoms with van der Waals surface area (Å²) >= 11 is 0. The van der Waals surface area contributed by atoms with E-state index in [1.54, 1.807) is 12.1 Å². The summed E-state index contributed by atoms with van der Waals surface area (Å²) in [7, 11) is 0.